The Balaban J connectivity index is 2.31. The molecule has 1 fully saturated rings. The minimum absolute atomic E-state index is 0.0485. The lowest BCUT2D eigenvalue weighted by atomic mass is 9.99. The van der Waals surface area contributed by atoms with Gasteiger partial charge in [0, 0.05) is 12.2 Å². The van der Waals surface area contributed by atoms with Gasteiger partial charge in [0.1, 0.15) is 11.9 Å². The molecule has 1 N–H and O–H groups in total. The molecule has 1 aliphatic heterocycles. The first-order valence-corrected chi connectivity index (χ1v) is 5.64. The molecular formula is C13H15FN2O. The molecule has 0 saturated carbocycles. The van der Waals surface area contributed by atoms with Crippen LogP contribution < -0.4 is 4.90 Å². The van der Waals surface area contributed by atoms with E-state index < -0.39 is 11.4 Å². The molecule has 1 aromatic rings. The molecule has 1 saturated heterocycles. The Morgan fingerprint density at radius 3 is 2.76 bits per heavy atom. The molecule has 2 rings (SSSR count). The second kappa shape index (κ2) is 4.01. The predicted molar refractivity (Wildman–Crippen MR) is 63.2 cm³/mol. The largest absolute Gasteiger partial charge is 0.388 e. The van der Waals surface area contributed by atoms with E-state index in [1.54, 1.807) is 19.1 Å². The normalized spacial score (nSPS) is 28.2. The van der Waals surface area contributed by atoms with E-state index in [1.165, 1.54) is 12.1 Å². The van der Waals surface area contributed by atoms with Crippen LogP contribution in [-0.4, -0.2) is 23.3 Å². The van der Waals surface area contributed by atoms with Crippen LogP contribution in [0.3, 0.4) is 0 Å². The number of benzene rings is 1. The summed E-state index contributed by atoms with van der Waals surface area (Å²) in [6, 6.07) is 6.29. The molecule has 0 amide bonds. The molecule has 0 spiro atoms. The predicted octanol–water partition coefficient (Wildman–Crippen LogP) is 2.05. The number of hydrogen-bond acceptors (Lipinski definition) is 3. The Labute approximate surface area is 100 Å². The van der Waals surface area contributed by atoms with E-state index in [0.29, 0.717) is 18.7 Å². The highest BCUT2D eigenvalue weighted by atomic mass is 19.1. The third kappa shape index (κ3) is 1.98. The highest BCUT2D eigenvalue weighted by molar-refractivity contribution is 5.52. The number of hydrogen-bond donors (Lipinski definition) is 1. The molecule has 0 aromatic heterocycles. The monoisotopic (exact) mass is 234 g/mol. The zero-order valence-electron chi connectivity index (χ0n) is 9.94. The van der Waals surface area contributed by atoms with Crippen LogP contribution in [0.4, 0.5) is 10.1 Å². The SMILES string of the molecule is C[C@@H]1N(c2ccc(C#N)c(F)c2)CC[C@]1(C)O. The lowest BCUT2D eigenvalue weighted by molar-refractivity contribution is 0.0566. The first kappa shape index (κ1) is 11.9. The minimum atomic E-state index is -0.746. The van der Waals surface area contributed by atoms with Gasteiger partial charge < -0.3 is 10.0 Å². The highest BCUT2D eigenvalue weighted by Gasteiger charge is 2.39. The standard InChI is InChI=1S/C13H15FN2O/c1-9-13(2,17)5-6-16(9)11-4-3-10(8-15)12(14)7-11/h3-4,7,9,17H,5-6H2,1-2H3/t9-,13-/m0/s1. The van der Waals surface area contributed by atoms with E-state index >= 15 is 0 Å². The van der Waals surface area contributed by atoms with Crippen molar-refractivity contribution in [2.75, 3.05) is 11.4 Å². The summed E-state index contributed by atoms with van der Waals surface area (Å²) < 4.78 is 13.5. The van der Waals surface area contributed by atoms with E-state index in [4.69, 9.17) is 5.26 Å². The maximum absolute atomic E-state index is 13.5. The van der Waals surface area contributed by atoms with Crippen molar-refractivity contribution in [3.05, 3.63) is 29.6 Å². The number of nitrogens with zero attached hydrogens (tertiary/aromatic N) is 2. The second-order valence-electron chi connectivity index (χ2n) is 4.75. The van der Waals surface area contributed by atoms with Gasteiger partial charge in [-0.3, -0.25) is 0 Å². The van der Waals surface area contributed by atoms with Gasteiger partial charge in [0.25, 0.3) is 0 Å². The Bertz CT molecular complexity index is 479. The Kier molecular flexibility index (Phi) is 2.80. The van der Waals surface area contributed by atoms with Crippen LogP contribution in [0.15, 0.2) is 18.2 Å². The molecule has 1 aromatic carbocycles. The third-order valence-electron chi connectivity index (χ3n) is 3.63. The second-order valence-corrected chi connectivity index (χ2v) is 4.75. The quantitative estimate of drug-likeness (QED) is 0.809. The van der Waals surface area contributed by atoms with Crippen molar-refractivity contribution in [1.82, 2.24) is 0 Å². The Morgan fingerprint density at radius 1 is 1.59 bits per heavy atom. The summed E-state index contributed by atoms with van der Waals surface area (Å²) in [5, 5.41) is 18.7. The zero-order chi connectivity index (χ0) is 12.6. The van der Waals surface area contributed by atoms with Gasteiger partial charge >= 0.3 is 0 Å². The van der Waals surface area contributed by atoms with Crippen molar-refractivity contribution in [2.24, 2.45) is 0 Å². The molecular weight excluding hydrogens is 219 g/mol. The minimum Gasteiger partial charge on any atom is -0.388 e. The van der Waals surface area contributed by atoms with Crippen molar-refractivity contribution in [2.45, 2.75) is 31.9 Å². The smallest absolute Gasteiger partial charge is 0.143 e. The van der Waals surface area contributed by atoms with Crippen molar-refractivity contribution in [1.29, 1.82) is 5.26 Å². The van der Waals surface area contributed by atoms with Gasteiger partial charge in [0.05, 0.1) is 17.2 Å². The van der Waals surface area contributed by atoms with E-state index in [2.05, 4.69) is 0 Å². The molecule has 0 radical (unpaired) electrons. The average molecular weight is 234 g/mol. The van der Waals surface area contributed by atoms with Crippen LogP contribution in [0.2, 0.25) is 0 Å². The summed E-state index contributed by atoms with van der Waals surface area (Å²) in [7, 11) is 0. The van der Waals surface area contributed by atoms with Gasteiger partial charge in [-0.25, -0.2) is 4.39 Å². The van der Waals surface area contributed by atoms with Crippen molar-refractivity contribution in [3.63, 3.8) is 0 Å². The molecule has 17 heavy (non-hydrogen) atoms. The number of aliphatic hydroxyl groups is 1. The number of rotatable bonds is 1. The van der Waals surface area contributed by atoms with Crippen LogP contribution in [0.1, 0.15) is 25.8 Å². The van der Waals surface area contributed by atoms with Gasteiger partial charge in [0.15, 0.2) is 0 Å². The van der Waals surface area contributed by atoms with Gasteiger partial charge in [-0.15, -0.1) is 0 Å². The molecule has 1 aliphatic rings. The van der Waals surface area contributed by atoms with Crippen LogP contribution >= 0.6 is 0 Å². The van der Waals surface area contributed by atoms with E-state index in [1.807, 2.05) is 11.8 Å². The molecule has 0 bridgehead atoms. The van der Waals surface area contributed by atoms with Crippen molar-refractivity contribution >= 4 is 5.69 Å². The average Bonchev–Trinajstić information content (AvgIpc) is 2.54. The molecule has 4 heteroatoms. The Hall–Kier alpha value is -1.60. The lowest BCUT2D eigenvalue weighted by Gasteiger charge is -2.29. The molecule has 0 aliphatic carbocycles. The maximum Gasteiger partial charge on any atom is 0.143 e. The number of halogens is 1. The molecule has 1 heterocycles. The first-order chi connectivity index (χ1) is 7.95. The molecule has 90 valence electrons. The fraction of sp³-hybridized carbons (Fsp3) is 0.462. The fourth-order valence-corrected chi connectivity index (χ4v) is 2.21. The van der Waals surface area contributed by atoms with Crippen LogP contribution in [0.5, 0.6) is 0 Å². The molecule has 2 atom stereocenters. The van der Waals surface area contributed by atoms with Gasteiger partial charge in [0.2, 0.25) is 0 Å². The maximum atomic E-state index is 13.5. The number of nitriles is 1. The summed E-state index contributed by atoms with van der Waals surface area (Å²) >= 11 is 0. The topological polar surface area (TPSA) is 47.3 Å². The first-order valence-electron chi connectivity index (χ1n) is 5.64. The Morgan fingerprint density at radius 2 is 2.29 bits per heavy atom. The number of anilines is 1. The molecule has 0 unspecified atom stereocenters. The highest BCUT2D eigenvalue weighted by Crippen LogP contribution is 2.32. The molecule has 3 nitrogen and oxygen atoms in total. The summed E-state index contributed by atoms with van der Waals surface area (Å²) in [6.45, 7) is 4.40. The van der Waals surface area contributed by atoms with Gasteiger partial charge in [-0.1, -0.05) is 0 Å². The summed E-state index contributed by atoms with van der Waals surface area (Å²) in [5.74, 6) is -0.510. The van der Waals surface area contributed by atoms with Crippen LogP contribution in [0, 0.1) is 17.1 Å². The van der Waals surface area contributed by atoms with E-state index in [9.17, 15) is 9.50 Å². The third-order valence-corrected chi connectivity index (χ3v) is 3.63. The van der Waals surface area contributed by atoms with Gasteiger partial charge in [-0.05, 0) is 38.5 Å². The van der Waals surface area contributed by atoms with Crippen molar-refractivity contribution < 1.29 is 9.50 Å². The van der Waals surface area contributed by atoms with E-state index in [-0.39, 0.29) is 11.6 Å². The van der Waals surface area contributed by atoms with Gasteiger partial charge in [-0.2, -0.15) is 5.26 Å². The van der Waals surface area contributed by atoms with Crippen molar-refractivity contribution in [3.8, 4) is 6.07 Å². The summed E-state index contributed by atoms with van der Waals surface area (Å²) in [4.78, 5) is 1.96. The fourth-order valence-electron chi connectivity index (χ4n) is 2.21. The van der Waals surface area contributed by atoms with E-state index in [0.717, 1.165) is 0 Å². The van der Waals surface area contributed by atoms with Crippen LogP contribution in [0.25, 0.3) is 0 Å². The summed E-state index contributed by atoms with van der Waals surface area (Å²) in [5.41, 5.74) is 0.0174. The van der Waals surface area contributed by atoms with Crippen LogP contribution in [-0.2, 0) is 0 Å². The lowest BCUT2D eigenvalue weighted by Crippen LogP contribution is -2.40. The zero-order valence-corrected chi connectivity index (χ0v) is 9.94. The summed E-state index contributed by atoms with van der Waals surface area (Å²) in [6.07, 6.45) is 0.662.